The van der Waals surface area contributed by atoms with E-state index in [9.17, 15) is 9.59 Å². The van der Waals surface area contributed by atoms with Gasteiger partial charge in [0.2, 0.25) is 5.91 Å². The zero-order chi connectivity index (χ0) is 12.2. The van der Waals surface area contributed by atoms with Gasteiger partial charge < -0.3 is 20.7 Å². The summed E-state index contributed by atoms with van der Waals surface area (Å²) in [6, 6.07) is -0.230. The van der Waals surface area contributed by atoms with Crippen LogP contribution in [0, 0.1) is 0 Å². The summed E-state index contributed by atoms with van der Waals surface area (Å²) >= 11 is 0. The molecular weight excluding hydrogens is 210 g/mol. The number of ether oxygens (including phenoxy) is 1. The highest BCUT2D eigenvalue weighted by atomic mass is 16.5. The molecule has 0 saturated carbocycles. The van der Waals surface area contributed by atoms with Gasteiger partial charge >= 0.3 is 6.03 Å². The van der Waals surface area contributed by atoms with E-state index in [2.05, 4.69) is 16.0 Å². The monoisotopic (exact) mass is 231 g/mol. The first-order chi connectivity index (χ1) is 7.70. The summed E-state index contributed by atoms with van der Waals surface area (Å²) in [5.41, 5.74) is 0. The van der Waals surface area contributed by atoms with Crippen molar-refractivity contribution in [2.24, 2.45) is 0 Å². The smallest absolute Gasteiger partial charge is 0.314 e. The van der Waals surface area contributed by atoms with Crippen molar-refractivity contribution < 1.29 is 14.3 Å². The van der Waals surface area contributed by atoms with E-state index >= 15 is 0 Å². The van der Waals surface area contributed by atoms with Crippen LogP contribution in [0.1, 0.15) is 19.8 Å². The molecule has 0 rings (SSSR count). The van der Waals surface area contributed by atoms with Gasteiger partial charge in [-0.05, 0) is 6.42 Å². The Labute approximate surface area is 96.1 Å². The van der Waals surface area contributed by atoms with Gasteiger partial charge in [-0.3, -0.25) is 4.79 Å². The Morgan fingerprint density at radius 1 is 1.06 bits per heavy atom. The zero-order valence-corrected chi connectivity index (χ0v) is 9.97. The minimum atomic E-state index is -0.230. The summed E-state index contributed by atoms with van der Waals surface area (Å²) in [4.78, 5) is 22.2. The lowest BCUT2D eigenvalue weighted by Gasteiger charge is -2.07. The highest BCUT2D eigenvalue weighted by Crippen LogP contribution is 1.78. The molecule has 6 nitrogen and oxygen atoms in total. The van der Waals surface area contributed by atoms with E-state index in [0.29, 0.717) is 26.2 Å². The fraction of sp³-hybridized carbons (Fsp3) is 0.800. The van der Waals surface area contributed by atoms with Crippen molar-refractivity contribution in [3.8, 4) is 0 Å². The maximum Gasteiger partial charge on any atom is 0.314 e. The second kappa shape index (κ2) is 10.2. The molecule has 0 bridgehead atoms. The van der Waals surface area contributed by atoms with E-state index in [1.807, 2.05) is 6.92 Å². The molecule has 0 aromatic heterocycles. The first-order valence-electron chi connectivity index (χ1n) is 5.48. The van der Waals surface area contributed by atoms with E-state index in [1.165, 1.54) is 0 Å². The molecule has 0 saturated heterocycles. The van der Waals surface area contributed by atoms with Crippen molar-refractivity contribution in [2.75, 3.05) is 33.4 Å². The fourth-order valence-electron chi connectivity index (χ4n) is 0.971. The van der Waals surface area contributed by atoms with E-state index in [-0.39, 0.29) is 18.4 Å². The SMILES string of the molecule is CCCNC(=O)NCCC(=O)NCCOC. The van der Waals surface area contributed by atoms with Gasteiger partial charge in [0.15, 0.2) is 0 Å². The quantitative estimate of drug-likeness (QED) is 0.508. The van der Waals surface area contributed by atoms with Crippen molar-refractivity contribution in [2.45, 2.75) is 19.8 Å². The van der Waals surface area contributed by atoms with E-state index in [4.69, 9.17) is 4.74 Å². The van der Waals surface area contributed by atoms with E-state index < -0.39 is 0 Å². The molecule has 0 atom stereocenters. The third-order valence-corrected chi connectivity index (χ3v) is 1.80. The number of methoxy groups -OCH3 is 1. The Kier molecular flexibility index (Phi) is 9.39. The highest BCUT2D eigenvalue weighted by molar-refractivity contribution is 5.78. The van der Waals surface area contributed by atoms with E-state index in [0.717, 1.165) is 6.42 Å². The van der Waals surface area contributed by atoms with Gasteiger partial charge in [-0.25, -0.2) is 4.79 Å². The predicted octanol–water partition coefficient (Wildman–Crippen LogP) is -0.152. The lowest BCUT2D eigenvalue weighted by molar-refractivity contribution is -0.121. The van der Waals surface area contributed by atoms with Crippen molar-refractivity contribution >= 4 is 11.9 Å². The first-order valence-corrected chi connectivity index (χ1v) is 5.48. The van der Waals surface area contributed by atoms with Crippen LogP contribution in [0.15, 0.2) is 0 Å². The van der Waals surface area contributed by atoms with Crippen LogP contribution >= 0.6 is 0 Å². The van der Waals surface area contributed by atoms with Gasteiger partial charge in [0.1, 0.15) is 0 Å². The molecule has 0 aliphatic heterocycles. The first kappa shape index (κ1) is 14.7. The summed E-state index contributed by atoms with van der Waals surface area (Å²) in [5, 5.41) is 7.92. The second-order valence-corrected chi connectivity index (χ2v) is 3.28. The summed E-state index contributed by atoms with van der Waals surface area (Å²) in [5.74, 6) is -0.0900. The molecule has 0 aromatic carbocycles. The minimum absolute atomic E-state index is 0.0900. The maximum atomic E-state index is 11.2. The van der Waals surface area contributed by atoms with Crippen LogP contribution in [0.25, 0.3) is 0 Å². The molecule has 16 heavy (non-hydrogen) atoms. The molecule has 0 heterocycles. The van der Waals surface area contributed by atoms with Gasteiger partial charge in [-0.15, -0.1) is 0 Å². The summed E-state index contributed by atoms with van der Waals surface area (Å²) < 4.78 is 4.78. The van der Waals surface area contributed by atoms with Crippen LogP contribution in [-0.2, 0) is 9.53 Å². The van der Waals surface area contributed by atoms with Gasteiger partial charge in [0, 0.05) is 33.2 Å². The third kappa shape index (κ3) is 9.26. The van der Waals surface area contributed by atoms with Crippen molar-refractivity contribution in [1.82, 2.24) is 16.0 Å². The van der Waals surface area contributed by atoms with E-state index in [1.54, 1.807) is 7.11 Å². The number of nitrogens with one attached hydrogen (secondary N) is 3. The van der Waals surface area contributed by atoms with Crippen LogP contribution < -0.4 is 16.0 Å². The molecule has 94 valence electrons. The topological polar surface area (TPSA) is 79.5 Å². The van der Waals surface area contributed by atoms with Crippen LogP contribution in [0.4, 0.5) is 4.79 Å². The summed E-state index contributed by atoms with van der Waals surface area (Å²) in [7, 11) is 1.58. The Bertz CT molecular complexity index is 209. The molecule has 0 fully saturated rings. The Morgan fingerprint density at radius 3 is 2.38 bits per heavy atom. The average molecular weight is 231 g/mol. The molecule has 3 amide bonds. The fourth-order valence-corrected chi connectivity index (χ4v) is 0.971. The molecule has 3 N–H and O–H groups in total. The number of hydrogen-bond donors (Lipinski definition) is 3. The molecule has 0 aliphatic carbocycles. The van der Waals surface area contributed by atoms with Crippen molar-refractivity contribution in [1.29, 1.82) is 0 Å². The number of rotatable bonds is 8. The lowest BCUT2D eigenvalue weighted by Crippen LogP contribution is -2.38. The number of carbonyl (C=O) groups excluding carboxylic acids is 2. The standard InChI is InChI=1S/C10H21N3O3/c1-3-5-12-10(15)13-6-4-9(14)11-7-8-16-2/h3-8H2,1-2H3,(H,11,14)(H2,12,13,15). The van der Waals surface area contributed by atoms with Crippen LogP contribution in [0.5, 0.6) is 0 Å². The molecule has 6 heteroatoms. The number of carbonyl (C=O) groups is 2. The molecule has 0 radical (unpaired) electrons. The van der Waals surface area contributed by atoms with Gasteiger partial charge in [-0.2, -0.15) is 0 Å². The summed E-state index contributed by atoms with van der Waals surface area (Å²) in [6.07, 6.45) is 1.17. The van der Waals surface area contributed by atoms with Crippen molar-refractivity contribution in [3.63, 3.8) is 0 Å². The third-order valence-electron chi connectivity index (χ3n) is 1.80. The van der Waals surface area contributed by atoms with Crippen molar-refractivity contribution in [3.05, 3.63) is 0 Å². The Balaban J connectivity index is 3.36. The molecule has 0 spiro atoms. The van der Waals surface area contributed by atoms with Crippen LogP contribution in [0.2, 0.25) is 0 Å². The summed E-state index contributed by atoms with van der Waals surface area (Å²) in [6.45, 7) is 3.96. The predicted molar refractivity (Wildman–Crippen MR) is 61.2 cm³/mol. The lowest BCUT2D eigenvalue weighted by atomic mass is 10.4. The average Bonchev–Trinajstić information content (AvgIpc) is 2.26. The van der Waals surface area contributed by atoms with Crippen LogP contribution in [0.3, 0.4) is 0 Å². The van der Waals surface area contributed by atoms with Crippen LogP contribution in [-0.4, -0.2) is 45.3 Å². The molecular formula is C10H21N3O3. The number of urea groups is 1. The molecule has 0 aliphatic rings. The minimum Gasteiger partial charge on any atom is -0.383 e. The van der Waals surface area contributed by atoms with Gasteiger partial charge in [0.25, 0.3) is 0 Å². The van der Waals surface area contributed by atoms with Gasteiger partial charge in [0.05, 0.1) is 6.61 Å². The Morgan fingerprint density at radius 2 is 1.75 bits per heavy atom. The number of hydrogen-bond acceptors (Lipinski definition) is 3. The normalized spacial score (nSPS) is 9.62. The maximum absolute atomic E-state index is 11.2. The Hall–Kier alpha value is -1.30. The second-order valence-electron chi connectivity index (χ2n) is 3.28. The molecule has 0 unspecified atom stereocenters. The number of amides is 3. The van der Waals surface area contributed by atoms with Gasteiger partial charge in [-0.1, -0.05) is 6.92 Å². The zero-order valence-electron chi connectivity index (χ0n) is 9.97. The highest BCUT2D eigenvalue weighted by Gasteiger charge is 2.02. The largest absolute Gasteiger partial charge is 0.383 e. The molecule has 0 aromatic rings.